The molecule has 4 aliphatic rings. The third kappa shape index (κ3) is 12.8. The lowest BCUT2D eigenvalue weighted by molar-refractivity contribution is 0.148. The summed E-state index contributed by atoms with van der Waals surface area (Å²) >= 11 is 11.6. The maximum absolute atomic E-state index is 12.5. The van der Waals surface area contributed by atoms with Crippen LogP contribution in [-0.4, -0.2) is 102 Å². The van der Waals surface area contributed by atoms with Gasteiger partial charge in [-0.1, -0.05) is 68.3 Å². The second-order valence-electron chi connectivity index (χ2n) is 14.4. The van der Waals surface area contributed by atoms with Crippen molar-refractivity contribution in [3.63, 3.8) is 0 Å². The van der Waals surface area contributed by atoms with Crippen LogP contribution in [0.2, 0.25) is 0 Å². The monoisotopic (exact) mass is 894 g/mol. The topological polar surface area (TPSA) is 80.8 Å². The molecule has 4 aromatic carbocycles. The molecule has 0 radical (unpaired) electrons. The fraction of sp³-hybridized carbons (Fsp3) is 0.381. The highest BCUT2D eigenvalue weighted by Crippen LogP contribution is 2.26. The standard InChI is InChI=1S/C21H24BrN3O2.C14H21N3.C7H4BrClO2/c1-23-8-10-24(11-9-23)13-16-2-3-17-14-25(15-18(17)12-16)21(26)27-20-6-4-19(22)5-7-20;1-16-4-6-17(7-5-16)11-12-2-3-13-9-15-10-14(13)8-12;8-5-1-3-6(4-2-5)11-7(9)10/h2-7,12H,8-11,13-15H2,1H3;2-3,8,15H,4-7,9-11H2,1H3;1-4H. The number of hydrogen-bond donors (Lipinski definition) is 1. The average Bonchev–Trinajstić information content (AvgIpc) is 3.83. The van der Waals surface area contributed by atoms with Crippen molar-refractivity contribution >= 4 is 55.0 Å². The van der Waals surface area contributed by atoms with Gasteiger partial charge in [0.25, 0.3) is 0 Å². The molecule has 0 unspecified atom stereocenters. The van der Waals surface area contributed by atoms with E-state index in [1.54, 1.807) is 41.3 Å². The average molecular weight is 897 g/mol. The smallest absolute Gasteiger partial charge is 0.415 e. The van der Waals surface area contributed by atoms with Gasteiger partial charge in [0.15, 0.2) is 0 Å². The van der Waals surface area contributed by atoms with Gasteiger partial charge in [-0.3, -0.25) is 14.7 Å². The molecule has 8 rings (SSSR count). The molecule has 0 atom stereocenters. The number of nitrogens with zero attached hydrogens (tertiary/aromatic N) is 5. The fourth-order valence-corrected chi connectivity index (χ4v) is 7.53. The molecule has 55 heavy (non-hydrogen) atoms. The Bertz CT molecular complexity index is 1880. The van der Waals surface area contributed by atoms with Gasteiger partial charge in [-0.2, -0.15) is 0 Å². The predicted molar refractivity (Wildman–Crippen MR) is 224 cm³/mol. The Hall–Kier alpha value is -3.33. The second kappa shape index (κ2) is 20.2. The van der Waals surface area contributed by atoms with E-state index in [2.05, 4.69) is 112 Å². The molecule has 0 saturated carbocycles. The Kier molecular flexibility index (Phi) is 15.2. The summed E-state index contributed by atoms with van der Waals surface area (Å²) in [5.74, 6) is 1.00. The van der Waals surface area contributed by atoms with Crippen molar-refractivity contribution in [2.45, 2.75) is 39.3 Å². The summed E-state index contributed by atoms with van der Waals surface area (Å²) in [5, 5.41) is 3.40. The molecule has 10 nitrogen and oxygen atoms in total. The number of piperazine rings is 2. The fourth-order valence-electron chi connectivity index (χ4n) is 6.91. The molecule has 0 spiro atoms. The van der Waals surface area contributed by atoms with Crippen molar-refractivity contribution < 1.29 is 19.1 Å². The van der Waals surface area contributed by atoms with Crippen LogP contribution in [0.3, 0.4) is 0 Å². The molecule has 292 valence electrons. The summed E-state index contributed by atoms with van der Waals surface area (Å²) in [6, 6.07) is 27.7. The highest BCUT2D eigenvalue weighted by Gasteiger charge is 2.26. The minimum Gasteiger partial charge on any atom is -0.415 e. The van der Waals surface area contributed by atoms with E-state index in [-0.39, 0.29) is 6.09 Å². The first-order valence-electron chi connectivity index (χ1n) is 18.7. The molecule has 0 aromatic heterocycles. The van der Waals surface area contributed by atoms with E-state index >= 15 is 0 Å². The number of carbonyl (C=O) groups is 2. The van der Waals surface area contributed by atoms with Crippen LogP contribution in [0.5, 0.6) is 11.5 Å². The molecule has 0 bridgehead atoms. The van der Waals surface area contributed by atoms with Crippen LogP contribution in [0.1, 0.15) is 33.4 Å². The van der Waals surface area contributed by atoms with Crippen LogP contribution in [0, 0.1) is 0 Å². The van der Waals surface area contributed by atoms with E-state index in [0.717, 1.165) is 61.3 Å². The Morgan fingerprint density at radius 3 is 1.58 bits per heavy atom. The highest BCUT2D eigenvalue weighted by atomic mass is 79.9. The van der Waals surface area contributed by atoms with E-state index in [1.807, 2.05) is 12.1 Å². The molecule has 0 aliphatic carbocycles. The zero-order chi connectivity index (χ0) is 38.7. The van der Waals surface area contributed by atoms with Crippen LogP contribution in [0.15, 0.2) is 93.9 Å². The SMILES string of the molecule is CN1CCN(Cc2ccc3c(c2)CN(C(=O)Oc2ccc(Br)cc2)C3)CC1.CN1CCN(Cc2ccc3c(c2)CNC3)CC1.O=C(Cl)Oc1ccc(Br)cc1. The molecule has 4 aliphatic heterocycles. The van der Waals surface area contributed by atoms with Gasteiger partial charge < -0.3 is 24.6 Å². The number of nitrogens with one attached hydrogen (secondary N) is 1. The van der Waals surface area contributed by atoms with Crippen LogP contribution >= 0.6 is 43.5 Å². The molecule has 1 N–H and O–H groups in total. The lowest BCUT2D eigenvalue weighted by atomic mass is 10.1. The van der Waals surface area contributed by atoms with Crippen molar-refractivity contribution in [1.29, 1.82) is 0 Å². The number of amides is 1. The summed E-state index contributed by atoms with van der Waals surface area (Å²) < 4.78 is 12.0. The van der Waals surface area contributed by atoms with Crippen LogP contribution in [-0.2, 0) is 39.3 Å². The predicted octanol–water partition coefficient (Wildman–Crippen LogP) is 7.94. The number of fused-ring (bicyclic) bond motifs is 2. The lowest BCUT2D eigenvalue weighted by Gasteiger charge is -2.32. The van der Waals surface area contributed by atoms with E-state index in [4.69, 9.17) is 16.3 Å². The maximum atomic E-state index is 12.5. The third-order valence-corrected chi connectivity index (χ3v) is 11.3. The normalized spacial score (nSPS) is 17.3. The summed E-state index contributed by atoms with van der Waals surface area (Å²) in [6.07, 6.45) is -0.297. The quantitative estimate of drug-likeness (QED) is 0.194. The summed E-state index contributed by atoms with van der Waals surface area (Å²) in [6.45, 7) is 14.7. The van der Waals surface area contributed by atoms with E-state index in [1.165, 1.54) is 59.6 Å². The molecule has 2 saturated heterocycles. The van der Waals surface area contributed by atoms with Gasteiger partial charge in [0.05, 0.1) is 0 Å². The van der Waals surface area contributed by atoms with Crippen molar-refractivity contribution in [2.75, 3.05) is 66.5 Å². The Morgan fingerprint density at radius 2 is 1.05 bits per heavy atom. The number of likely N-dealkylation sites (N-methyl/N-ethyl adjacent to an activating group) is 2. The number of hydrogen-bond acceptors (Lipinski definition) is 9. The van der Waals surface area contributed by atoms with Gasteiger partial charge in [-0.05, 0) is 96.0 Å². The Labute approximate surface area is 346 Å². The first kappa shape index (κ1) is 41.3. The van der Waals surface area contributed by atoms with Crippen molar-refractivity contribution in [3.05, 3.63) is 127 Å². The Balaban J connectivity index is 0.000000156. The minimum atomic E-state index is -0.827. The van der Waals surface area contributed by atoms with Crippen LogP contribution in [0.25, 0.3) is 0 Å². The van der Waals surface area contributed by atoms with Crippen molar-refractivity contribution in [3.8, 4) is 11.5 Å². The number of halogens is 3. The molecule has 13 heteroatoms. The summed E-state index contributed by atoms with van der Waals surface area (Å²) in [7, 11) is 4.38. The van der Waals surface area contributed by atoms with E-state index in [9.17, 15) is 9.59 Å². The third-order valence-electron chi connectivity index (χ3n) is 10.2. The highest BCUT2D eigenvalue weighted by molar-refractivity contribution is 9.10. The van der Waals surface area contributed by atoms with Gasteiger partial charge in [0, 0.05) is 112 Å². The summed E-state index contributed by atoms with van der Waals surface area (Å²) in [4.78, 5) is 34.3. The zero-order valence-corrected chi connectivity index (χ0v) is 35.4. The summed E-state index contributed by atoms with van der Waals surface area (Å²) in [5.41, 5.74) is 7.38. The molecule has 2 fully saturated rings. The first-order valence-corrected chi connectivity index (χ1v) is 20.6. The van der Waals surface area contributed by atoms with Gasteiger partial charge in [-0.25, -0.2) is 9.59 Å². The number of ether oxygens (including phenoxy) is 2. The second-order valence-corrected chi connectivity index (χ2v) is 16.6. The number of rotatable bonds is 6. The van der Waals surface area contributed by atoms with Crippen LogP contribution in [0.4, 0.5) is 9.59 Å². The largest absolute Gasteiger partial charge is 0.415 e. The Morgan fingerprint density at radius 1 is 0.600 bits per heavy atom. The number of carbonyl (C=O) groups excluding carboxylic acids is 2. The lowest BCUT2D eigenvalue weighted by Crippen LogP contribution is -2.43. The van der Waals surface area contributed by atoms with Crippen LogP contribution < -0.4 is 14.8 Å². The molecule has 1 amide bonds. The molecule has 4 heterocycles. The van der Waals surface area contributed by atoms with Crippen molar-refractivity contribution in [2.24, 2.45) is 0 Å². The number of benzene rings is 4. The van der Waals surface area contributed by atoms with Gasteiger partial charge in [0.1, 0.15) is 11.5 Å². The van der Waals surface area contributed by atoms with Gasteiger partial charge in [0.2, 0.25) is 0 Å². The van der Waals surface area contributed by atoms with E-state index in [0.29, 0.717) is 24.6 Å². The van der Waals surface area contributed by atoms with Gasteiger partial charge in [-0.15, -0.1) is 0 Å². The zero-order valence-electron chi connectivity index (χ0n) is 31.5. The molecular weight excluding hydrogens is 848 g/mol. The molecular formula is C42H49Br2ClN6O4. The molecule has 4 aromatic rings. The van der Waals surface area contributed by atoms with Gasteiger partial charge >= 0.3 is 11.5 Å². The van der Waals surface area contributed by atoms with E-state index < -0.39 is 5.43 Å². The minimum absolute atomic E-state index is 0.297. The first-order chi connectivity index (χ1) is 26.6. The van der Waals surface area contributed by atoms with Crippen molar-refractivity contribution in [1.82, 2.24) is 29.8 Å². The maximum Gasteiger partial charge on any atom is 0.415 e.